The van der Waals surface area contributed by atoms with Crippen LogP contribution in [0.25, 0.3) is 11.3 Å². The quantitative estimate of drug-likeness (QED) is 0.283. The van der Waals surface area contributed by atoms with Crippen LogP contribution in [0.2, 0.25) is 0 Å². The highest BCUT2D eigenvalue weighted by Crippen LogP contribution is 2.30. The number of aryl methyl sites for hydroxylation is 1. The Bertz CT molecular complexity index is 1780. The number of carbonyl (C=O) groups excluding carboxylic acids is 2. The summed E-state index contributed by atoms with van der Waals surface area (Å²) in [5, 5.41) is 6.13. The summed E-state index contributed by atoms with van der Waals surface area (Å²) >= 11 is 0. The molecule has 2 heterocycles. The third-order valence-electron chi connectivity index (χ3n) is 7.94. The maximum atomic E-state index is 13.1. The zero-order valence-corrected chi connectivity index (χ0v) is 26.6. The molecule has 0 saturated carbocycles. The van der Waals surface area contributed by atoms with Gasteiger partial charge in [-0.15, -0.1) is 0 Å². The first-order valence-electron chi connectivity index (χ1n) is 14.9. The molecule has 2 N–H and O–H groups in total. The predicted molar refractivity (Wildman–Crippen MR) is 176 cm³/mol. The average Bonchev–Trinajstić information content (AvgIpc) is 3.03. The molecule has 3 aromatic carbocycles. The number of amides is 2. The molecule has 4 aromatic rings. The lowest BCUT2D eigenvalue weighted by molar-refractivity contribution is 0.0301. The minimum Gasteiger partial charge on any atom is -0.496 e. The Hall–Kier alpha value is -4.96. The molecule has 1 aromatic heterocycles. The fraction of sp³-hybridized carbons (Fsp3) is 0.314. The highest BCUT2D eigenvalue weighted by atomic mass is 16.5. The van der Waals surface area contributed by atoms with Crippen LogP contribution in [0.5, 0.6) is 5.75 Å². The molecule has 1 saturated heterocycles. The maximum absolute atomic E-state index is 13.1. The lowest BCUT2D eigenvalue weighted by Gasteiger charge is -2.27. The smallest absolute Gasteiger partial charge is 0.293 e. The zero-order valence-electron chi connectivity index (χ0n) is 26.6. The first kappa shape index (κ1) is 31.5. The second-order valence-electron chi connectivity index (χ2n) is 12.1. The van der Waals surface area contributed by atoms with Crippen molar-refractivity contribution in [3.8, 4) is 17.0 Å². The lowest BCUT2D eigenvalue weighted by Crippen LogP contribution is -2.40. The molecule has 1 aliphatic rings. The minimum atomic E-state index is -0.327. The van der Waals surface area contributed by atoms with E-state index in [0.717, 1.165) is 16.7 Å². The number of rotatable bonds is 7. The van der Waals surface area contributed by atoms with E-state index in [9.17, 15) is 14.4 Å². The summed E-state index contributed by atoms with van der Waals surface area (Å²) in [5.74, 6) is 0.145. The first-order chi connectivity index (χ1) is 21.5. The van der Waals surface area contributed by atoms with Crippen LogP contribution in [0.3, 0.4) is 0 Å². The van der Waals surface area contributed by atoms with Crippen LogP contribution in [0.1, 0.15) is 52.6 Å². The summed E-state index contributed by atoms with van der Waals surface area (Å²) < 4.78 is 12.4. The van der Waals surface area contributed by atoms with Crippen molar-refractivity contribution in [1.82, 2.24) is 14.5 Å². The van der Waals surface area contributed by atoms with E-state index in [0.29, 0.717) is 60.2 Å². The molecule has 2 amide bonds. The molecule has 234 valence electrons. The van der Waals surface area contributed by atoms with Crippen molar-refractivity contribution in [2.45, 2.75) is 33.1 Å². The second kappa shape index (κ2) is 13.0. The fourth-order valence-corrected chi connectivity index (χ4v) is 5.20. The van der Waals surface area contributed by atoms with E-state index in [1.165, 1.54) is 11.7 Å². The van der Waals surface area contributed by atoms with E-state index >= 15 is 0 Å². The van der Waals surface area contributed by atoms with Crippen LogP contribution in [0, 0.1) is 6.92 Å². The van der Waals surface area contributed by atoms with E-state index in [4.69, 9.17) is 9.47 Å². The van der Waals surface area contributed by atoms with Gasteiger partial charge in [-0.3, -0.25) is 14.4 Å². The van der Waals surface area contributed by atoms with Crippen molar-refractivity contribution in [3.63, 3.8) is 0 Å². The molecule has 0 bridgehead atoms. The third-order valence-corrected chi connectivity index (χ3v) is 7.94. The number of ether oxygens (including phenoxy) is 2. The van der Waals surface area contributed by atoms with Gasteiger partial charge < -0.3 is 29.6 Å². The Morgan fingerprint density at radius 3 is 2.38 bits per heavy atom. The number of nitrogens with one attached hydrogen (secondary N) is 2. The highest BCUT2D eigenvalue weighted by Gasteiger charge is 2.22. The van der Waals surface area contributed by atoms with Gasteiger partial charge in [0, 0.05) is 54.9 Å². The average molecular weight is 610 g/mol. The zero-order chi connectivity index (χ0) is 32.3. The number of morpholine rings is 1. The molecule has 0 aliphatic carbocycles. The van der Waals surface area contributed by atoms with Gasteiger partial charge >= 0.3 is 0 Å². The molecule has 45 heavy (non-hydrogen) atoms. The largest absolute Gasteiger partial charge is 0.496 e. The van der Waals surface area contributed by atoms with Crippen LogP contribution in [0.4, 0.5) is 17.2 Å². The first-order valence-corrected chi connectivity index (χ1v) is 14.9. The van der Waals surface area contributed by atoms with Gasteiger partial charge in [-0.05, 0) is 53.8 Å². The van der Waals surface area contributed by atoms with Crippen LogP contribution in [-0.4, -0.2) is 59.7 Å². The standard InChI is InChI=1S/C35H39N5O5/c1-22-26(8-7-9-28(22)38-32(41)23-10-12-24(13-11-23)35(2,3)4)29-21-39(5)34(43)31(37-29)36-25-14-15-27(30(20-25)44-6)33(42)40-16-18-45-19-17-40/h7-15,20-21H,16-19H2,1-6H3,(H,36,37)(H,38,41). The number of methoxy groups -OCH3 is 1. The van der Waals surface area contributed by atoms with Crippen molar-refractivity contribution in [1.29, 1.82) is 0 Å². The van der Waals surface area contributed by atoms with Gasteiger partial charge in [0.1, 0.15) is 5.75 Å². The minimum absolute atomic E-state index is 0.00593. The highest BCUT2D eigenvalue weighted by molar-refractivity contribution is 6.05. The van der Waals surface area contributed by atoms with Crippen molar-refractivity contribution < 1.29 is 19.1 Å². The maximum Gasteiger partial charge on any atom is 0.293 e. The molecular weight excluding hydrogens is 570 g/mol. The number of hydrogen-bond donors (Lipinski definition) is 2. The van der Waals surface area contributed by atoms with Gasteiger partial charge in [0.15, 0.2) is 5.82 Å². The Kier molecular flexibility index (Phi) is 9.06. The van der Waals surface area contributed by atoms with Crippen LogP contribution in [0.15, 0.2) is 71.7 Å². The molecule has 0 unspecified atom stereocenters. The molecule has 0 radical (unpaired) electrons. The third kappa shape index (κ3) is 6.91. The summed E-state index contributed by atoms with van der Waals surface area (Å²) in [7, 11) is 3.16. The van der Waals surface area contributed by atoms with Crippen LogP contribution < -0.4 is 20.9 Å². The van der Waals surface area contributed by atoms with E-state index in [-0.39, 0.29) is 28.6 Å². The molecule has 0 atom stereocenters. The van der Waals surface area contributed by atoms with Crippen molar-refractivity contribution in [2.75, 3.05) is 44.0 Å². The summed E-state index contributed by atoms with van der Waals surface area (Å²) in [5.41, 5.74) is 5.12. The normalized spacial score (nSPS) is 13.3. The van der Waals surface area contributed by atoms with Gasteiger partial charge in [0.2, 0.25) is 0 Å². The number of benzene rings is 3. The lowest BCUT2D eigenvalue weighted by atomic mass is 9.86. The molecule has 1 fully saturated rings. The van der Waals surface area contributed by atoms with Gasteiger partial charge in [0.05, 0.1) is 31.6 Å². The number of anilines is 3. The molecular formula is C35H39N5O5. The number of hydrogen-bond acceptors (Lipinski definition) is 7. The SMILES string of the molecule is COc1cc(Nc2nc(-c3cccc(NC(=O)c4ccc(C(C)(C)C)cc4)c3C)cn(C)c2=O)ccc1C(=O)N1CCOCC1. The summed E-state index contributed by atoms with van der Waals surface area (Å²) in [6.45, 7) is 10.3. The van der Waals surface area contributed by atoms with Crippen molar-refractivity contribution >= 4 is 29.0 Å². The van der Waals surface area contributed by atoms with Gasteiger partial charge in [-0.1, -0.05) is 45.0 Å². The Balaban J connectivity index is 1.39. The molecule has 5 rings (SSSR count). The van der Waals surface area contributed by atoms with E-state index in [1.807, 2.05) is 49.4 Å². The number of aromatic nitrogens is 2. The van der Waals surface area contributed by atoms with Crippen molar-refractivity contribution in [3.05, 3.63) is 99.5 Å². The predicted octanol–water partition coefficient (Wildman–Crippen LogP) is 5.53. The second-order valence-corrected chi connectivity index (χ2v) is 12.1. The monoisotopic (exact) mass is 609 g/mol. The Morgan fingerprint density at radius 1 is 1.00 bits per heavy atom. The van der Waals surface area contributed by atoms with Gasteiger partial charge in [0.25, 0.3) is 17.4 Å². The summed E-state index contributed by atoms with van der Waals surface area (Å²) in [4.78, 5) is 45.7. The molecule has 0 spiro atoms. The molecule has 10 nitrogen and oxygen atoms in total. The topological polar surface area (TPSA) is 115 Å². The Morgan fingerprint density at radius 2 is 1.71 bits per heavy atom. The summed E-state index contributed by atoms with van der Waals surface area (Å²) in [6.07, 6.45) is 1.66. The van der Waals surface area contributed by atoms with Gasteiger partial charge in [-0.25, -0.2) is 4.98 Å². The van der Waals surface area contributed by atoms with Crippen LogP contribution >= 0.6 is 0 Å². The summed E-state index contributed by atoms with van der Waals surface area (Å²) in [6, 6.07) is 18.3. The van der Waals surface area contributed by atoms with Crippen LogP contribution in [-0.2, 0) is 17.2 Å². The van der Waals surface area contributed by atoms with Crippen molar-refractivity contribution in [2.24, 2.45) is 7.05 Å². The van der Waals surface area contributed by atoms with E-state index in [1.54, 1.807) is 36.3 Å². The Labute approximate surface area is 263 Å². The number of carbonyl (C=O) groups is 2. The molecule has 1 aliphatic heterocycles. The fourth-order valence-electron chi connectivity index (χ4n) is 5.20. The number of nitrogens with zero attached hydrogens (tertiary/aromatic N) is 3. The van der Waals surface area contributed by atoms with E-state index in [2.05, 4.69) is 36.4 Å². The van der Waals surface area contributed by atoms with Gasteiger partial charge in [-0.2, -0.15) is 0 Å². The van der Waals surface area contributed by atoms with E-state index < -0.39 is 0 Å². The molecule has 10 heteroatoms.